The van der Waals surface area contributed by atoms with Crippen LogP contribution in [0.2, 0.25) is 5.02 Å². The van der Waals surface area contributed by atoms with Crippen LogP contribution in [0.5, 0.6) is 5.75 Å². The summed E-state index contributed by atoms with van der Waals surface area (Å²) < 4.78 is 7.48. The summed E-state index contributed by atoms with van der Waals surface area (Å²) in [5.41, 5.74) is 2.16. The second kappa shape index (κ2) is 7.63. The van der Waals surface area contributed by atoms with Gasteiger partial charge in [0.2, 0.25) is 0 Å². The number of halogens is 3. The fourth-order valence-electron chi connectivity index (χ4n) is 2.28. The van der Waals surface area contributed by atoms with E-state index in [9.17, 15) is 0 Å². The van der Waals surface area contributed by atoms with Crippen molar-refractivity contribution in [3.8, 4) is 5.75 Å². The summed E-state index contributed by atoms with van der Waals surface area (Å²) in [5, 5.41) is 4.20. The Labute approximate surface area is 147 Å². The summed E-state index contributed by atoms with van der Waals surface area (Å²) in [7, 11) is 1.68. The van der Waals surface area contributed by atoms with Crippen LogP contribution in [0.3, 0.4) is 0 Å². The fraction of sp³-hybridized carbons (Fsp3) is 0.250. The van der Waals surface area contributed by atoms with Gasteiger partial charge in [0.15, 0.2) is 0 Å². The Morgan fingerprint density at radius 1 is 1.14 bits per heavy atom. The van der Waals surface area contributed by atoms with Gasteiger partial charge in [0.1, 0.15) is 5.75 Å². The molecule has 0 aliphatic carbocycles. The molecule has 1 atom stereocenters. The molecule has 1 N–H and O–H groups in total. The monoisotopic (exact) mass is 431 g/mol. The summed E-state index contributed by atoms with van der Waals surface area (Å²) in [4.78, 5) is 0. The van der Waals surface area contributed by atoms with Crippen LogP contribution in [-0.2, 0) is 0 Å². The zero-order valence-corrected chi connectivity index (χ0v) is 15.7. The van der Waals surface area contributed by atoms with Gasteiger partial charge in [-0.3, -0.25) is 0 Å². The van der Waals surface area contributed by atoms with Gasteiger partial charge in [-0.1, -0.05) is 50.4 Å². The van der Waals surface area contributed by atoms with E-state index in [4.69, 9.17) is 16.3 Å². The van der Waals surface area contributed by atoms with E-state index >= 15 is 0 Å². The smallest absolute Gasteiger partial charge is 0.124 e. The Balaban J connectivity index is 2.55. The topological polar surface area (TPSA) is 21.3 Å². The van der Waals surface area contributed by atoms with Crippen molar-refractivity contribution in [3.63, 3.8) is 0 Å². The number of ether oxygens (including phenoxy) is 1. The SMILES string of the molecule is CCNC(c1cc(Cl)cc(Br)c1)c1cc(Br)ccc1OC. The Morgan fingerprint density at radius 3 is 2.52 bits per heavy atom. The van der Waals surface area contributed by atoms with E-state index < -0.39 is 0 Å². The van der Waals surface area contributed by atoms with Crippen LogP contribution < -0.4 is 10.1 Å². The third kappa shape index (κ3) is 4.22. The van der Waals surface area contributed by atoms with Gasteiger partial charge in [0, 0.05) is 19.5 Å². The highest BCUT2D eigenvalue weighted by atomic mass is 79.9. The Hall–Kier alpha value is -0.550. The molecular weight excluding hydrogens is 417 g/mol. The first-order chi connectivity index (χ1) is 10.0. The second-order valence-corrected chi connectivity index (χ2v) is 6.85. The van der Waals surface area contributed by atoms with E-state index in [0.29, 0.717) is 5.02 Å². The molecule has 0 heterocycles. The molecule has 0 saturated heterocycles. The molecule has 2 aromatic rings. The van der Waals surface area contributed by atoms with Gasteiger partial charge in [0.05, 0.1) is 13.2 Å². The molecule has 0 bridgehead atoms. The lowest BCUT2D eigenvalue weighted by Gasteiger charge is -2.22. The molecule has 1 unspecified atom stereocenters. The molecule has 0 fully saturated rings. The third-order valence-electron chi connectivity index (χ3n) is 3.13. The van der Waals surface area contributed by atoms with Crippen LogP contribution in [-0.4, -0.2) is 13.7 Å². The van der Waals surface area contributed by atoms with Gasteiger partial charge in [-0.15, -0.1) is 0 Å². The second-order valence-electron chi connectivity index (χ2n) is 4.58. The van der Waals surface area contributed by atoms with Gasteiger partial charge in [-0.05, 0) is 48.5 Å². The van der Waals surface area contributed by atoms with Crippen molar-refractivity contribution < 1.29 is 4.74 Å². The van der Waals surface area contributed by atoms with Gasteiger partial charge in [-0.25, -0.2) is 0 Å². The summed E-state index contributed by atoms with van der Waals surface area (Å²) in [6.07, 6.45) is 0. The largest absolute Gasteiger partial charge is 0.496 e. The summed E-state index contributed by atoms with van der Waals surface area (Å²) >= 11 is 13.2. The molecule has 0 aliphatic rings. The molecule has 5 heteroatoms. The molecule has 0 radical (unpaired) electrons. The highest BCUT2D eigenvalue weighted by molar-refractivity contribution is 9.10. The summed E-state index contributed by atoms with van der Waals surface area (Å²) in [5.74, 6) is 0.847. The lowest BCUT2D eigenvalue weighted by molar-refractivity contribution is 0.404. The van der Waals surface area contributed by atoms with Crippen molar-refractivity contribution in [2.75, 3.05) is 13.7 Å². The first-order valence-electron chi connectivity index (χ1n) is 6.58. The van der Waals surface area contributed by atoms with Crippen molar-refractivity contribution >= 4 is 43.5 Å². The van der Waals surface area contributed by atoms with Gasteiger partial charge in [-0.2, -0.15) is 0 Å². The molecule has 0 saturated carbocycles. The van der Waals surface area contributed by atoms with E-state index in [-0.39, 0.29) is 6.04 Å². The van der Waals surface area contributed by atoms with E-state index in [1.807, 2.05) is 24.3 Å². The molecule has 0 aliphatic heterocycles. The van der Waals surface area contributed by atoms with E-state index in [1.165, 1.54) is 0 Å². The Morgan fingerprint density at radius 2 is 1.90 bits per heavy atom. The van der Waals surface area contributed by atoms with E-state index in [2.05, 4.69) is 56.2 Å². The predicted octanol–water partition coefficient (Wildman–Crippen LogP) is 5.57. The van der Waals surface area contributed by atoms with Crippen molar-refractivity contribution in [2.24, 2.45) is 0 Å². The van der Waals surface area contributed by atoms with Crippen LogP contribution in [0.15, 0.2) is 45.3 Å². The molecule has 112 valence electrons. The summed E-state index contributed by atoms with van der Waals surface area (Å²) in [6, 6.07) is 11.9. The minimum atomic E-state index is 0.0115. The number of nitrogens with one attached hydrogen (secondary N) is 1. The number of rotatable bonds is 5. The molecule has 0 aromatic heterocycles. The molecule has 2 aromatic carbocycles. The minimum absolute atomic E-state index is 0.0115. The molecule has 2 nitrogen and oxygen atoms in total. The average molecular weight is 434 g/mol. The van der Waals surface area contributed by atoms with Gasteiger partial charge >= 0.3 is 0 Å². The maximum absolute atomic E-state index is 6.19. The van der Waals surface area contributed by atoms with Gasteiger partial charge in [0.25, 0.3) is 0 Å². The molecule has 2 rings (SSSR count). The van der Waals surface area contributed by atoms with Crippen LogP contribution in [0.4, 0.5) is 0 Å². The van der Waals surface area contributed by atoms with Crippen LogP contribution in [0, 0.1) is 0 Å². The normalized spacial score (nSPS) is 12.2. The van der Waals surface area contributed by atoms with Crippen molar-refractivity contribution in [1.82, 2.24) is 5.32 Å². The molecule has 21 heavy (non-hydrogen) atoms. The van der Waals surface area contributed by atoms with E-state index in [0.717, 1.165) is 32.4 Å². The van der Waals surface area contributed by atoms with Gasteiger partial charge < -0.3 is 10.1 Å². The maximum Gasteiger partial charge on any atom is 0.124 e. The standard InChI is InChI=1S/C16H16Br2ClNO/c1-3-20-16(10-6-12(18)8-13(19)7-10)14-9-11(17)4-5-15(14)21-2/h4-9,16,20H,3H2,1-2H3. The summed E-state index contributed by atoms with van der Waals surface area (Å²) in [6.45, 7) is 2.92. The first-order valence-corrected chi connectivity index (χ1v) is 8.54. The Bertz CT molecular complexity index is 613. The average Bonchev–Trinajstić information content (AvgIpc) is 2.43. The highest BCUT2D eigenvalue weighted by Gasteiger charge is 2.18. The van der Waals surface area contributed by atoms with Crippen molar-refractivity contribution in [3.05, 3.63) is 61.5 Å². The number of hydrogen-bond donors (Lipinski definition) is 1. The molecule has 0 spiro atoms. The number of hydrogen-bond acceptors (Lipinski definition) is 2. The fourth-order valence-corrected chi connectivity index (χ4v) is 3.55. The zero-order valence-electron chi connectivity index (χ0n) is 11.8. The van der Waals surface area contributed by atoms with Crippen LogP contribution in [0.1, 0.15) is 24.1 Å². The number of benzene rings is 2. The first kappa shape index (κ1) is 16.8. The lowest BCUT2D eigenvalue weighted by Crippen LogP contribution is -2.22. The molecule has 0 amide bonds. The highest BCUT2D eigenvalue weighted by Crippen LogP contribution is 2.34. The van der Waals surface area contributed by atoms with Crippen LogP contribution >= 0.6 is 43.5 Å². The molecular formula is C16H16Br2ClNO. The Kier molecular flexibility index (Phi) is 6.11. The zero-order chi connectivity index (χ0) is 15.4. The van der Waals surface area contributed by atoms with E-state index in [1.54, 1.807) is 7.11 Å². The number of methoxy groups -OCH3 is 1. The maximum atomic E-state index is 6.19. The van der Waals surface area contributed by atoms with Crippen molar-refractivity contribution in [1.29, 1.82) is 0 Å². The van der Waals surface area contributed by atoms with Crippen molar-refractivity contribution in [2.45, 2.75) is 13.0 Å². The quantitative estimate of drug-likeness (QED) is 0.665. The van der Waals surface area contributed by atoms with Crippen LogP contribution in [0.25, 0.3) is 0 Å². The predicted molar refractivity (Wildman–Crippen MR) is 95.4 cm³/mol. The third-order valence-corrected chi connectivity index (χ3v) is 4.30. The lowest BCUT2D eigenvalue weighted by atomic mass is 9.97. The minimum Gasteiger partial charge on any atom is -0.496 e.